The molecule has 1 aromatic carbocycles. The number of benzene rings is 1. The normalized spacial score (nSPS) is 18.9. The Morgan fingerprint density at radius 3 is 2.79 bits per heavy atom. The lowest BCUT2D eigenvalue weighted by molar-refractivity contribution is 0.0963. The van der Waals surface area contributed by atoms with E-state index in [4.69, 9.17) is 5.73 Å². The Balaban J connectivity index is 2.22. The molecule has 1 unspecified atom stereocenters. The van der Waals surface area contributed by atoms with E-state index in [0.29, 0.717) is 17.4 Å². The Morgan fingerprint density at radius 1 is 1.47 bits per heavy atom. The standard InChI is InChI=1S/C15H23N3O/c1-10(2)12-6-7-18(9-12)14-8-11(15(19)17-3)4-5-13(14)16/h4-5,8,10,12H,6-7,9,16H2,1-3H3,(H,17,19). The molecular formula is C15H23N3O. The third-order valence-corrected chi connectivity index (χ3v) is 4.03. The highest BCUT2D eigenvalue weighted by Gasteiger charge is 2.26. The van der Waals surface area contributed by atoms with Crippen LogP contribution in [0.3, 0.4) is 0 Å². The molecule has 1 heterocycles. The number of rotatable bonds is 3. The highest BCUT2D eigenvalue weighted by molar-refractivity contribution is 5.96. The fourth-order valence-corrected chi connectivity index (χ4v) is 2.65. The van der Waals surface area contributed by atoms with Crippen molar-refractivity contribution in [2.45, 2.75) is 20.3 Å². The lowest BCUT2D eigenvalue weighted by atomic mass is 9.95. The maximum atomic E-state index is 11.7. The number of amides is 1. The molecular weight excluding hydrogens is 238 g/mol. The Morgan fingerprint density at radius 2 is 2.21 bits per heavy atom. The number of carbonyl (C=O) groups excluding carboxylic acids is 1. The minimum Gasteiger partial charge on any atom is -0.397 e. The molecule has 1 aliphatic rings. The highest BCUT2D eigenvalue weighted by Crippen LogP contribution is 2.32. The summed E-state index contributed by atoms with van der Waals surface area (Å²) in [4.78, 5) is 14.0. The van der Waals surface area contributed by atoms with Crippen LogP contribution in [0, 0.1) is 11.8 Å². The van der Waals surface area contributed by atoms with Crippen LogP contribution >= 0.6 is 0 Å². The van der Waals surface area contributed by atoms with Crippen LogP contribution in [0.15, 0.2) is 18.2 Å². The molecule has 1 atom stereocenters. The summed E-state index contributed by atoms with van der Waals surface area (Å²) in [6.07, 6.45) is 1.20. The Kier molecular flexibility index (Phi) is 3.98. The summed E-state index contributed by atoms with van der Waals surface area (Å²) in [5.74, 6) is 1.33. The number of hydrogen-bond acceptors (Lipinski definition) is 3. The Bertz CT molecular complexity index is 470. The zero-order chi connectivity index (χ0) is 14.0. The van der Waals surface area contributed by atoms with Gasteiger partial charge in [-0.2, -0.15) is 0 Å². The average Bonchev–Trinajstić information content (AvgIpc) is 2.88. The predicted molar refractivity (Wildman–Crippen MR) is 79.4 cm³/mol. The maximum absolute atomic E-state index is 11.7. The van der Waals surface area contributed by atoms with E-state index < -0.39 is 0 Å². The lowest BCUT2D eigenvalue weighted by Gasteiger charge is -2.22. The van der Waals surface area contributed by atoms with E-state index in [1.807, 2.05) is 12.1 Å². The van der Waals surface area contributed by atoms with Crippen molar-refractivity contribution in [2.24, 2.45) is 11.8 Å². The highest BCUT2D eigenvalue weighted by atomic mass is 16.1. The summed E-state index contributed by atoms with van der Waals surface area (Å²) in [5.41, 5.74) is 8.46. The van der Waals surface area contributed by atoms with E-state index in [2.05, 4.69) is 24.1 Å². The van der Waals surface area contributed by atoms with Crippen LogP contribution in [0.1, 0.15) is 30.6 Å². The molecule has 1 amide bonds. The van der Waals surface area contributed by atoms with E-state index in [0.717, 1.165) is 24.5 Å². The van der Waals surface area contributed by atoms with Gasteiger partial charge in [-0.15, -0.1) is 0 Å². The van der Waals surface area contributed by atoms with Gasteiger partial charge in [0.15, 0.2) is 0 Å². The number of carbonyl (C=O) groups is 1. The van der Waals surface area contributed by atoms with Gasteiger partial charge in [0.05, 0.1) is 11.4 Å². The van der Waals surface area contributed by atoms with Gasteiger partial charge in [-0.25, -0.2) is 0 Å². The first-order valence-corrected chi connectivity index (χ1v) is 6.89. The number of hydrogen-bond donors (Lipinski definition) is 2. The van der Waals surface area contributed by atoms with Crippen LogP contribution in [0.2, 0.25) is 0 Å². The van der Waals surface area contributed by atoms with Crippen LogP contribution in [0.4, 0.5) is 11.4 Å². The van der Waals surface area contributed by atoms with E-state index in [-0.39, 0.29) is 5.91 Å². The molecule has 2 rings (SSSR count). The van der Waals surface area contributed by atoms with Crippen molar-refractivity contribution in [2.75, 3.05) is 30.8 Å². The van der Waals surface area contributed by atoms with Crippen LogP contribution in [-0.4, -0.2) is 26.0 Å². The number of nitrogen functional groups attached to an aromatic ring is 1. The largest absolute Gasteiger partial charge is 0.397 e. The molecule has 0 spiro atoms. The first-order chi connectivity index (χ1) is 9.02. The third-order valence-electron chi connectivity index (χ3n) is 4.03. The SMILES string of the molecule is CNC(=O)c1ccc(N)c(N2CCC(C(C)C)C2)c1. The second-order valence-electron chi connectivity index (χ2n) is 5.59. The fourth-order valence-electron chi connectivity index (χ4n) is 2.65. The number of anilines is 2. The third kappa shape index (κ3) is 2.83. The molecule has 1 saturated heterocycles. The Hall–Kier alpha value is -1.71. The van der Waals surface area contributed by atoms with Gasteiger partial charge in [-0.3, -0.25) is 4.79 Å². The van der Waals surface area contributed by atoms with Crippen molar-refractivity contribution >= 4 is 17.3 Å². The van der Waals surface area contributed by atoms with Crippen molar-refractivity contribution in [1.29, 1.82) is 0 Å². The van der Waals surface area contributed by atoms with Crippen LogP contribution in [0.5, 0.6) is 0 Å². The summed E-state index contributed by atoms with van der Waals surface area (Å²) in [6, 6.07) is 5.49. The molecule has 4 nitrogen and oxygen atoms in total. The molecule has 104 valence electrons. The van der Waals surface area contributed by atoms with Gasteiger partial charge in [0.25, 0.3) is 5.91 Å². The van der Waals surface area contributed by atoms with Gasteiger partial charge in [0.1, 0.15) is 0 Å². The molecule has 19 heavy (non-hydrogen) atoms. The van der Waals surface area contributed by atoms with Gasteiger partial charge in [0.2, 0.25) is 0 Å². The molecule has 0 radical (unpaired) electrons. The van der Waals surface area contributed by atoms with Gasteiger partial charge >= 0.3 is 0 Å². The zero-order valence-electron chi connectivity index (χ0n) is 11.9. The topological polar surface area (TPSA) is 58.4 Å². The van der Waals surface area contributed by atoms with Crippen LogP contribution < -0.4 is 16.0 Å². The molecule has 0 aliphatic carbocycles. The van der Waals surface area contributed by atoms with Crippen molar-refractivity contribution in [3.8, 4) is 0 Å². The molecule has 1 aliphatic heterocycles. The van der Waals surface area contributed by atoms with E-state index >= 15 is 0 Å². The number of nitrogens with two attached hydrogens (primary N) is 1. The quantitative estimate of drug-likeness (QED) is 0.819. The van der Waals surface area contributed by atoms with E-state index in [1.165, 1.54) is 6.42 Å². The molecule has 4 heteroatoms. The monoisotopic (exact) mass is 261 g/mol. The summed E-state index contributed by atoms with van der Waals surface area (Å²) < 4.78 is 0. The second-order valence-corrected chi connectivity index (χ2v) is 5.59. The zero-order valence-corrected chi connectivity index (χ0v) is 11.9. The summed E-state index contributed by atoms with van der Waals surface area (Å²) >= 11 is 0. The molecule has 0 bridgehead atoms. The number of nitrogens with zero attached hydrogens (tertiary/aromatic N) is 1. The summed E-state index contributed by atoms with van der Waals surface area (Å²) in [7, 11) is 1.64. The lowest BCUT2D eigenvalue weighted by Crippen LogP contribution is -2.23. The Labute approximate surface area is 115 Å². The van der Waals surface area contributed by atoms with E-state index in [9.17, 15) is 4.79 Å². The molecule has 0 saturated carbocycles. The average molecular weight is 261 g/mol. The summed E-state index contributed by atoms with van der Waals surface area (Å²) in [5, 5.41) is 2.65. The smallest absolute Gasteiger partial charge is 0.251 e. The van der Waals surface area contributed by atoms with Gasteiger partial charge in [-0.05, 0) is 36.5 Å². The second kappa shape index (κ2) is 5.51. The first kappa shape index (κ1) is 13.7. The summed E-state index contributed by atoms with van der Waals surface area (Å²) in [6.45, 7) is 6.57. The number of nitrogens with one attached hydrogen (secondary N) is 1. The van der Waals surface area contributed by atoms with Crippen molar-refractivity contribution in [3.05, 3.63) is 23.8 Å². The van der Waals surface area contributed by atoms with Crippen molar-refractivity contribution in [3.63, 3.8) is 0 Å². The van der Waals surface area contributed by atoms with Crippen LogP contribution in [0.25, 0.3) is 0 Å². The maximum Gasteiger partial charge on any atom is 0.251 e. The van der Waals surface area contributed by atoms with E-state index in [1.54, 1.807) is 13.1 Å². The predicted octanol–water partition coefficient (Wildman–Crippen LogP) is 2.11. The van der Waals surface area contributed by atoms with Crippen molar-refractivity contribution < 1.29 is 4.79 Å². The van der Waals surface area contributed by atoms with Gasteiger partial charge in [0, 0.05) is 25.7 Å². The molecule has 0 aromatic heterocycles. The fraction of sp³-hybridized carbons (Fsp3) is 0.533. The van der Waals surface area contributed by atoms with Crippen LogP contribution in [-0.2, 0) is 0 Å². The van der Waals surface area contributed by atoms with Gasteiger partial charge < -0.3 is 16.0 Å². The minimum absolute atomic E-state index is 0.0687. The molecule has 3 N–H and O–H groups in total. The van der Waals surface area contributed by atoms with Gasteiger partial charge in [-0.1, -0.05) is 13.8 Å². The van der Waals surface area contributed by atoms with Crippen molar-refractivity contribution in [1.82, 2.24) is 5.32 Å². The molecule has 1 aromatic rings. The first-order valence-electron chi connectivity index (χ1n) is 6.89. The minimum atomic E-state index is -0.0687. The molecule has 1 fully saturated rings.